The highest BCUT2D eigenvalue weighted by atomic mass is 32.2. The van der Waals surface area contributed by atoms with Crippen LogP contribution in [0.15, 0.2) is 41.3 Å². The molecule has 3 aliphatic rings. The Bertz CT molecular complexity index is 1090. The molecule has 29 heavy (non-hydrogen) atoms. The third-order valence-corrected chi connectivity index (χ3v) is 7.04. The molecule has 1 atom stereocenters. The normalized spacial score (nSPS) is 20.0. The van der Waals surface area contributed by atoms with E-state index < -0.39 is 10.0 Å². The lowest BCUT2D eigenvalue weighted by Gasteiger charge is -2.22. The zero-order valence-electron chi connectivity index (χ0n) is 16.1. The summed E-state index contributed by atoms with van der Waals surface area (Å²) >= 11 is 0. The van der Waals surface area contributed by atoms with Gasteiger partial charge in [-0.15, -0.1) is 0 Å². The van der Waals surface area contributed by atoms with E-state index in [4.69, 9.17) is 9.47 Å². The van der Waals surface area contributed by atoms with Gasteiger partial charge in [0, 0.05) is 24.2 Å². The number of hydrogen-bond acceptors (Lipinski definition) is 5. The van der Waals surface area contributed by atoms with Gasteiger partial charge >= 0.3 is 0 Å². The SMILES string of the molecule is C[C@@H]1Cc2cc(S(=O)(=O)NCc3ccc4c(c3)OCO4)ccc2N1C(=O)C1CC1. The second-order valence-electron chi connectivity index (χ2n) is 7.84. The van der Waals surface area contributed by atoms with Crippen LogP contribution in [-0.2, 0) is 27.8 Å². The van der Waals surface area contributed by atoms with Crippen LogP contribution in [0.3, 0.4) is 0 Å². The number of amides is 1. The molecule has 0 aromatic heterocycles. The first-order chi connectivity index (χ1) is 13.9. The molecule has 1 N–H and O–H groups in total. The van der Waals surface area contributed by atoms with E-state index in [1.165, 1.54) is 0 Å². The lowest BCUT2D eigenvalue weighted by molar-refractivity contribution is -0.120. The molecule has 2 aromatic carbocycles. The molecule has 1 saturated carbocycles. The Balaban J connectivity index is 1.34. The van der Waals surface area contributed by atoms with Crippen molar-refractivity contribution in [3.8, 4) is 11.5 Å². The van der Waals surface area contributed by atoms with Gasteiger partial charge in [-0.3, -0.25) is 4.79 Å². The maximum Gasteiger partial charge on any atom is 0.240 e. The molecule has 152 valence electrons. The van der Waals surface area contributed by atoms with Crippen LogP contribution in [0.4, 0.5) is 5.69 Å². The molecular formula is C21H22N2O5S. The first-order valence-corrected chi connectivity index (χ1v) is 11.2. The monoisotopic (exact) mass is 414 g/mol. The van der Waals surface area contributed by atoms with E-state index in [0.29, 0.717) is 17.9 Å². The van der Waals surface area contributed by atoms with Gasteiger partial charge in [-0.05, 0) is 67.6 Å². The van der Waals surface area contributed by atoms with Crippen LogP contribution < -0.4 is 19.1 Å². The van der Waals surface area contributed by atoms with Gasteiger partial charge in [0.1, 0.15) is 0 Å². The summed E-state index contributed by atoms with van der Waals surface area (Å²) in [6.07, 6.45) is 2.57. The summed E-state index contributed by atoms with van der Waals surface area (Å²) in [6.45, 7) is 2.34. The summed E-state index contributed by atoms with van der Waals surface area (Å²) in [7, 11) is -3.68. The third kappa shape index (κ3) is 3.36. The number of anilines is 1. The predicted molar refractivity (Wildman–Crippen MR) is 106 cm³/mol. The second kappa shape index (κ2) is 6.74. The highest BCUT2D eigenvalue weighted by Gasteiger charge is 2.39. The number of rotatable bonds is 5. The van der Waals surface area contributed by atoms with E-state index in [-0.39, 0.29) is 36.1 Å². The molecule has 0 saturated heterocycles. The molecule has 2 heterocycles. The van der Waals surface area contributed by atoms with Gasteiger partial charge in [-0.25, -0.2) is 13.1 Å². The van der Waals surface area contributed by atoms with Crippen molar-refractivity contribution >= 4 is 21.6 Å². The van der Waals surface area contributed by atoms with Crippen molar-refractivity contribution in [1.29, 1.82) is 0 Å². The summed E-state index contributed by atoms with van der Waals surface area (Å²) in [5.41, 5.74) is 2.52. The largest absolute Gasteiger partial charge is 0.454 e. The van der Waals surface area contributed by atoms with E-state index in [9.17, 15) is 13.2 Å². The van der Waals surface area contributed by atoms with Crippen molar-refractivity contribution in [2.24, 2.45) is 5.92 Å². The number of ether oxygens (including phenoxy) is 2. The maximum absolute atomic E-state index is 12.8. The van der Waals surface area contributed by atoms with Crippen LogP contribution >= 0.6 is 0 Å². The van der Waals surface area contributed by atoms with Crippen molar-refractivity contribution in [2.45, 2.75) is 43.7 Å². The molecule has 5 rings (SSSR count). The van der Waals surface area contributed by atoms with E-state index >= 15 is 0 Å². The van der Waals surface area contributed by atoms with Gasteiger partial charge in [0.05, 0.1) is 4.90 Å². The second-order valence-corrected chi connectivity index (χ2v) is 9.61. The van der Waals surface area contributed by atoms with Gasteiger partial charge in [0.15, 0.2) is 11.5 Å². The lowest BCUT2D eigenvalue weighted by atomic mass is 10.1. The summed E-state index contributed by atoms with van der Waals surface area (Å²) in [5, 5.41) is 0. The van der Waals surface area contributed by atoms with Gasteiger partial charge < -0.3 is 14.4 Å². The first kappa shape index (κ1) is 18.4. The number of fused-ring (bicyclic) bond motifs is 2. The fourth-order valence-electron chi connectivity index (χ4n) is 3.95. The molecular weight excluding hydrogens is 392 g/mol. The van der Waals surface area contributed by atoms with E-state index in [1.807, 2.05) is 17.9 Å². The molecule has 2 aromatic rings. The standard InChI is InChI=1S/C21H22N2O5S/c1-13-8-16-10-17(5-6-18(16)23(13)21(24)15-3-4-15)29(25,26)22-11-14-2-7-19-20(9-14)28-12-27-19/h2,5-7,9-10,13,15,22H,3-4,8,11-12H2,1H3/t13-/m1/s1. The van der Waals surface area contributed by atoms with Crippen molar-refractivity contribution in [1.82, 2.24) is 4.72 Å². The predicted octanol–water partition coefficient (Wildman–Crippen LogP) is 2.58. The summed E-state index contributed by atoms with van der Waals surface area (Å²) in [4.78, 5) is 14.6. The molecule has 0 spiro atoms. The van der Waals surface area contributed by atoms with Gasteiger partial charge in [0.2, 0.25) is 22.7 Å². The average molecular weight is 414 g/mol. The van der Waals surface area contributed by atoms with Gasteiger partial charge in [-0.1, -0.05) is 6.07 Å². The molecule has 0 unspecified atom stereocenters. The number of benzene rings is 2. The molecule has 1 fully saturated rings. The van der Waals surface area contributed by atoms with Gasteiger partial charge in [-0.2, -0.15) is 0 Å². The third-order valence-electron chi connectivity index (χ3n) is 5.64. The molecule has 8 heteroatoms. The Kier molecular flexibility index (Phi) is 4.29. The van der Waals surface area contributed by atoms with E-state index in [1.54, 1.807) is 30.3 Å². The number of nitrogens with one attached hydrogen (secondary N) is 1. The molecule has 2 aliphatic heterocycles. The lowest BCUT2D eigenvalue weighted by Crippen LogP contribution is -2.36. The summed E-state index contributed by atoms with van der Waals surface area (Å²) in [6, 6.07) is 10.4. The van der Waals surface area contributed by atoms with Crippen molar-refractivity contribution in [2.75, 3.05) is 11.7 Å². The Labute approximate surface area is 169 Å². The smallest absolute Gasteiger partial charge is 0.240 e. The van der Waals surface area contributed by atoms with Crippen molar-refractivity contribution < 1.29 is 22.7 Å². The van der Waals surface area contributed by atoms with Crippen LogP contribution in [0.2, 0.25) is 0 Å². The number of nitrogens with zero attached hydrogens (tertiary/aromatic N) is 1. The van der Waals surface area contributed by atoms with Crippen LogP contribution in [0.1, 0.15) is 30.9 Å². The van der Waals surface area contributed by atoms with E-state index in [0.717, 1.165) is 29.7 Å². The molecule has 0 bridgehead atoms. The number of hydrogen-bond donors (Lipinski definition) is 1. The highest BCUT2D eigenvalue weighted by Crippen LogP contribution is 2.39. The Hall–Kier alpha value is -2.58. The Morgan fingerprint density at radius 3 is 2.72 bits per heavy atom. The van der Waals surface area contributed by atoms with E-state index in [2.05, 4.69) is 4.72 Å². The quantitative estimate of drug-likeness (QED) is 0.813. The Morgan fingerprint density at radius 1 is 1.14 bits per heavy atom. The zero-order chi connectivity index (χ0) is 20.2. The minimum Gasteiger partial charge on any atom is -0.454 e. The fraction of sp³-hybridized carbons (Fsp3) is 0.381. The molecule has 0 radical (unpaired) electrons. The van der Waals surface area contributed by atoms with Gasteiger partial charge in [0.25, 0.3) is 0 Å². The fourth-order valence-corrected chi connectivity index (χ4v) is 5.02. The number of carbonyl (C=O) groups is 1. The molecule has 1 aliphatic carbocycles. The van der Waals surface area contributed by atoms with Crippen molar-refractivity contribution in [3.05, 3.63) is 47.5 Å². The minimum absolute atomic E-state index is 0.0534. The maximum atomic E-state index is 12.8. The highest BCUT2D eigenvalue weighted by molar-refractivity contribution is 7.89. The van der Waals surface area contributed by atoms with Crippen LogP contribution in [0.25, 0.3) is 0 Å². The van der Waals surface area contributed by atoms with Crippen LogP contribution in [-0.4, -0.2) is 27.2 Å². The number of carbonyl (C=O) groups excluding carboxylic acids is 1. The summed E-state index contributed by atoms with van der Waals surface area (Å²) in [5.74, 6) is 1.58. The zero-order valence-corrected chi connectivity index (χ0v) is 16.9. The van der Waals surface area contributed by atoms with Crippen molar-refractivity contribution in [3.63, 3.8) is 0 Å². The minimum atomic E-state index is -3.68. The van der Waals surface area contributed by atoms with Crippen LogP contribution in [0.5, 0.6) is 11.5 Å². The molecule has 1 amide bonds. The summed E-state index contributed by atoms with van der Waals surface area (Å²) < 4.78 is 38.9. The first-order valence-electron chi connectivity index (χ1n) is 9.76. The van der Waals surface area contributed by atoms with Crippen LogP contribution in [0, 0.1) is 5.92 Å². The average Bonchev–Trinajstić information content (AvgIpc) is 3.35. The number of sulfonamides is 1. The Morgan fingerprint density at radius 2 is 1.93 bits per heavy atom. The topological polar surface area (TPSA) is 84.9 Å². The molecule has 7 nitrogen and oxygen atoms in total.